The lowest BCUT2D eigenvalue weighted by atomic mass is 9.49. The molecule has 2 heterocycles. The van der Waals surface area contributed by atoms with Gasteiger partial charge >= 0.3 is 0 Å². The number of para-hydroxylation sites is 2. The van der Waals surface area contributed by atoms with E-state index in [-0.39, 0.29) is 16.2 Å². The number of aromatic nitrogens is 1. The summed E-state index contributed by atoms with van der Waals surface area (Å²) in [5.74, 6) is 1.65. The molecule has 0 N–H and O–H groups in total. The Morgan fingerprint density at radius 1 is 0.684 bits per heavy atom. The second-order valence-corrected chi connectivity index (χ2v) is 12.3. The fourth-order valence-electron chi connectivity index (χ4n) is 6.74. The topological polar surface area (TPSA) is 28.6 Å². The molecule has 0 spiro atoms. The molecule has 196 valence electrons. The highest BCUT2D eigenvalue weighted by Gasteiger charge is 2.54. The maximum Gasteiger partial charge on any atom is 0.129 e. The number of ether oxygens (including phenoxy) is 1. The minimum atomic E-state index is -0.341. The van der Waals surface area contributed by atoms with Gasteiger partial charge < -0.3 is 14.5 Å². The van der Waals surface area contributed by atoms with Crippen LogP contribution in [-0.2, 0) is 5.41 Å². The van der Waals surface area contributed by atoms with Crippen molar-refractivity contribution >= 4 is 17.1 Å². The van der Waals surface area contributed by atoms with Crippen molar-refractivity contribution in [3.8, 4) is 11.5 Å². The summed E-state index contributed by atoms with van der Waals surface area (Å²) < 4.78 is 6.53. The van der Waals surface area contributed by atoms with E-state index in [9.17, 15) is 0 Å². The van der Waals surface area contributed by atoms with Crippen LogP contribution in [0.5, 0.6) is 11.5 Å². The predicted molar refractivity (Wildman–Crippen MR) is 159 cm³/mol. The lowest BCUT2D eigenvalue weighted by Gasteiger charge is -2.54. The smallest absolute Gasteiger partial charge is 0.129 e. The summed E-state index contributed by atoms with van der Waals surface area (Å²) in [6.07, 6.45) is 1.90. The first-order valence-electron chi connectivity index (χ1n) is 13.4. The maximum atomic E-state index is 6.53. The SMILES string of the molecule is CN1CN(c2cccc(Oc3cccc(C(c4ccccn4)(C(C)(C)C)C(C)(C)C)c3)c2)c2ccccc21. The number of fused-ring (bicyclic) bond motifs is 1. The van der Waals surface area contributed by atoms with E-state index in [2.05, 4.69) is 131 Å². The monoisotopic (exact) mass is 505 g/mol. The quantitative estimate of drug-likeness (QED) is 0.271. The number of rotatable bonds is 5. The predicted octanol–water partition coefficient (Wildman–Crippen LogP) is 8.80. The average Bonchev–Trinajstić information content (AvgIpc) is 3.20. The normalized spacial score (nSPS) is 14.0. The van der Waals surface area contributed by atoms with Crippen molar-refractivity contribution in [2.45, 2.75) is 47.0 Å². The first-order valence-corrected chi connectivity index (χ1v) is 13.4. The fourth-order valence-corrected chi connectivity index (χ4v) is 6.74. The Morgan fingerprint density at radius 3 is 1.97 bits per heavy atom. The summed E-state index contributed by atoms with van der Waals surface area (Å²) in [7, 11) is 2.13. The largest absolute Gasteiger partial charge is 0.457 e. The van der Waals surface area contributed by atoms with E-state index < -0.39 is 0 Å². The van der Waals surface area contributed by atoms with Gasteiger partial charge in [0.1, 0.15) is 11.5 Å². The van der Waals surface area contributed by atoms with Crippen molar-refractivity contribution in [1.82, 2.24) is 4.98 Å². The molecule has 3 aromatic carbocycles. The number of anilines is 3. The third kappa shape index (κ3) is 4.32. The van der Waals surface area contributed by atoms with Crippen LogP contribution in [0.3, 0.4) is 0 Å². The Bertz CT molecular complexity index is 1400. The lowest BCUT2D eigenvalue weighted by molar-refractivity contribution is 0.0863. The molecule has 0 bridgehead atoms. The van der Waals surface area contributed by atoms with Crippen molar-refractivity contribution in [3.05, 3.63) is 108 Å². The van der Waals surface area contributed by atoms with E-state index in [0.717, 1.165) is 29.5 Å². The number of hydrogen-bond acceptors (Lipinski definition) is 4. The fraction of sp³-hybridized carbons (Fsp3) is 0.324. The van der Waals surface area contributed by atoms with Gasteiger partial charge in [0.2, 0.25) is 0 Å². The Labute approximate surface area is 227 Å². The van der Waals surface area contributed by atoms with Crippen molar-refractivity contribution in [1.29, 1.82) is 0 Å². The van der Waals surface area contributed by atoms with Crippen LogP contribution in [0.4, 0.5) is 17.1 Å². The molecule has 1 aliphatic rings. The lowest BCUT2D eigenvalue weighted by Crippen LogP contribution is -2.51. The highest BCUT2D eigenvalue weighted by molar-refractivity contribution is 5.82. The highest BCUT2D eigenvalue weighted by Crippen LogP contribution is 2.57. The van der Waals surface area contributed by atoms with E-state index >= 15 is 0 Å². The van der Waals surface area contributed by atoms with Crippen molar-refractivity contribution in [2.24, 2.45) is 10.8 Å². The van der Waals surface area contributed by atoms with Gasteiger partial charge in [0.15, 0.2) is 0 Å². The van der Waals surface area contributed by atoms with Crippen molar-refractivity contribution < 1.29 is 4.74 Å². The Hall–Kier alpha value is -3.79. The van der Waals surface area contributed by atoms with Crippen LogP contribution in [0.25, 0.3) is 0 Å². The summed E-state index contributed by atoms with van der Waals surface area (Å²) in [4.78, 5) is 9.49. The second-order valence-electron chi connectivity index (χ2n) is 12.3. The molecule has 0 fully saturated rings. The first kappa shape index (κ1) is 25.8. The van der Waals surface area contributed by atoms with Gasteiger partial charge in [-0.2, -0.15) is 0 Å². The van der Waals surface area contributed by atoms with Gasteiger partial charge in [-0.1, -0.05) is 77.9 Å². The number of pyridine rings is 1. The van der Waals surface area contributed by atoms with E-state index in [1.165, 1.54) is 16.9 Å². The Morgan fingerprint density at radius 2 is 1.32 bits per heavy atom. The van der Waals surface area contributed by atoms with Gasteiger partial charge in [-0.05, 0) is 64.9 Å². The van der Waals surface area contributed by atoms with Crippen molar-refractivity contribution in [2.75, 3.05) is 23.5 Å². The summed E-state index contributed by atoms with van der Waals surface area (Å²) in [6.45, 7) is 14.7. The van der Waals surface area contributed by atoms with Gasteiger partial charge in [-0.25, -0.2) is 0 Å². The zero-order valence-corrected chi connectivity index (χ0v) is 23.7. The molecule has 1 aromatic heterocycles. The first-order chi connectivity index (χ1) is 18.0. The summed E-state index contributed by atoms with van der Waals surface area (Å²) in [5.41, 5.74) is 5.30. The zero-order valence-electron chi connectivity index (χ0n) is 23.7. The van der Waals surface area contributed by atoms with Crippen molar-refractivity contribution in [3.63, 3.8) is 0 Å². The molecule has 0 saturated carbocycles. The third-order valence-corrected chi connectivity index (χ3v) is 7.87. The van der Waals surface area contributed by atoms with Gasteiger partial charge in [0.25, 0.3) is 0 Å². The summed E-state index contributed by atoms with van der Waals surface area (Å²) in [6, 6.07) is 31.7. The van der Waals surface area contributed by atoms with Crippen LogP contribution in [0.1, 0.15) is 52.8 Å². The molecule has 0 amide bonds. The maximum absolute atomic E-state index is 6.53. The molecule has 0 unspecified atom stereocenters. The third-order valence-electron chi connectivity index (χ3n) is 7.87. The van der Waals surface area contributed by atoms with Crippen LogP contribution in [0.2, 0.25) is 0 Å². The van der Waals surface area contributed by atoms with Gasteiger partial charge in [0.05, 0.1) is 23.7 Å². The Kier molecular flexibility index (Phi) is 6.46. The average molecular weight is 506 g/mol. The van der Waals surface area contributed by atoms with Crippen LogP contribution in [0, 0.1) is 10.8 Å². The van der Waals surface area contributed by atoms with Crippen LogP contribution < -0.4 is 14.5 Å². The molecule has 5 rings (SSSR count). The molecule has 1 aliphatic heterocycles. The molecule has 0 saturated heterocycles. The molecular formula is C34H39N3O. The van der Waals surface area contributed by atoms with Crippen LogP contribution >= 0.6 is 0 Å². The molecular weight excluding hydrogens is 466 g/mol. The number of nitrogens with zero attached hydrogens (tertiary/aromatic N) is 3. The molecule has 0 aliphatic carbocycles. The van der Waals surface area contributed by atoms with Crippen LogP contribution in [-0.4, -0.2) is 18.7 Å². The minimum absolute atomic E-state index is 0.104. The molecule has 0 radical (unpaired) electrons. The van der Waals surface area contributed by atoms with Gasteiger partial charge in [0, 0.05) is 30.4 Å². The summed E-state index contributed by atoms with van der Waals surface area (Å²) in [5, 5.41) is 0. The number of benzene rings is 3. The van der Waals surface area contributed by atoms with E-state index in [1.807, 2.05) is 24.4 Å². The van der Waals surface area contributed by atoms with E-state index in [4.69, 9.17) is 9.72 Å². The minimum Gasteiger partial charge on any atom is -0.457 e. The van der Waals surface area contributed by atoms with Crippen LogP contribution in [0.15, 0.2) is 97.2 Å². The standard InChI is InChI=1S/C34H39N3O/c1-32(2,3)34(33(4,5)6,31-20-10-11-21-35-31)25-14-12-16-27(22-25)38-28-17-13-15-26(23-28)37-24-36(7)29-18-8-9-19-30(29)37/h8-23H,24H2,1-7H3. The van der Waals surface area contributed by atoms with E-state index in [0.29, 0.717) is 0 Å². The van der Waals surface area contributed by atoms with Gasteiger partial charge in [-0.3, -0.25) is 4.98 Å². The zero-order chi connectivity index (χ0) is 27.1. The number of hydrogen-bond donors (Lipinski definition) is 0. The van der Waals surface area contributed by atoms with Gasteiger partial charge in [-0.15, -0.1) is 0 Å². The summed E-state index contributed by atoms with van der Waals surface area (Å²) >= 11 is 0. The highest BCUT2D eigenvalue weighted by atomic mass is 16.5. The van der Waals surface area contributed by atoms with E-state index in [1.54, 1.807) is 0 Å². The molecule has 4 nitrogen and oxygen atoms in total. The molecule has 4 heteroatoms. The Balaban J connectivity index is 1.53. The molecule has 4 aromatic rings. The second kappa shape index (κ2) is 9.50. The molecule has 0 atom stereocenters. The molecule has 38 heavy (non-hydrogen) atoms.